The lowest BCUT2D eigenvalue weighted by atomic mass is 9.92. The predicted molar refractivity (Wildman–Crippen MR) is 117 cm³/mol. The largest absolute Gasteiger partial charge is 0.378 e. The molecule has 6 heteroatoms. The third-order valence-corrected chi connectivity index (χ3v) is 5.90. The zero-order chi connectivity index (χ0) is 19.9. The molecule has 2 unspecified atom stereocenters. The van der Waals surface area contributed by atoms with Crippen molar-refractivity contribution >= 4 is 17.7 Å². The van der Waals surface area contributed by atoms with Gasteiger partial charge in [-0.25, -0.2) is 4.98 Å². The topological polar surface area (TPSA) is 73.3 Å². The van der Waals surface area contributed by atoms with Crippen molar-refractivity contribution in [3.63, 3.8) is 0 Å². The van der Waals surface area contributed by atoms with Gasteiger partial charge in [0, 0.05) is 50.9 Å². The predicted octanol–water partition coefficient (Wildman–Crippen LogP) is 3.87. The van der Waals surface area contributed by atoms with Gasteiger partial charge in [-0.1, -0.05) is 19.3 Å². The normalized spacial score (nSPS) is 24.2. The molecule has 0 radical (unpaired) electrons. The number of pyridine rings is 1. The van der Waals surface area contributed by atoms with Gasteiger partial charge >= 0.3 is 0 Å². The summed E-state index contributed by atoms with van der Waals surface area (Å²) in [5.74, 6) is 0.956. The lowest BCUT2D eigenvalue weighted by Crippen LogP contribution is -2.56. The molecule has 2 aliphatic rings. The van der Waals surface area contributed by atoms with Crippen LogP contribution in [0.5, 0.6) is 0 Å². The Bertz CT molecular complexity index is 684. The second kappa shape index (κ2) is 10.0. The first-order chi connectivity index (χ1) is 13.6. The maximum Gasteiger partial charge on any atom is 0.152 e. The number of aromatic nitrogens is 1. The van der Waals surface area contributed by atoms with Gasteiger partial charge in [0.1, 0.15) is 0 Å². The van der Waals surface area contributed by atoms with Crippen molar-refractivity contribution in [2.45, 2.75) is 70.6 Å². The monoisotopic (exact) mass is 385 g/mol. The van der Waals surface area contributed by atoms with Crippen LogP contribution in [0.1, 0.15) is 51.0 Å². The third-order valence-electron chi connectivity index (χ3n) is 5.90. The SMILES string of the molecule is COC1CN(c2ncc(C)cc2N/C=C(/C)C=N)CCC1NC1CCCCC1. The molecule has 0 spiro atoms. The molecule has 1 saturated heterocycles. The van der Waals surface area contributed by atoms with Crippen LogP contribution in [0.2, 0.25) is 0 Å². The molecule has 3 rings (SSSR count). The number of nitrogens with one attached hydrogen (secondary N) is 3. The van der Waals surface area contributed by atoms with Gasteiger partial charge in [-0.15, -0.1) is 0 Å². The van der Waals surface area contributed by atoms with E-state index in [4.69, 9.17) is 15.1 Å². The van der Waals surface area contributed by atoms with E-state index in [0.29, 0.717) is 12.1 Å². The summed E-state index contributed by atoms with van der Waals surface area (Å²) in [6.07, 6.45) is 13.0. The van der Waals surface area contributed by atoms with E-state index in [9.17, 15) is 0 Å². The molecule has 2 atom stereocenters. The van der Waals surface area contributed by atoms with E-state index in [1.54, 1.807) is 0 Å². The number of nitrogens with zero attached hydrogens (tertiary/aromatic N) is 2. The first kappa shape index (κ1) is 20.8. The molecule has 28 heavy (non-hydrogen) atoms. The molecule has 1 aromatic rings. The average molecular weight is 386 g/mol. The highest BCUT2D eigenvalue weighted by molar-refractivity contribution is 5.76. The van der Waals surface area contributed by atoms with E-state index in [-0.39, 0.29) is 6.10 Å². The van der Waals surface area contributed by atoms with Gasteiger partial charge in [0.25, 0.3) is 0 Å². The minimum absolute atomic E-state index is 0.158. The zero-order valence-corrected chi connectivity index (χ0v) is 17.5. The molecule has 154 valence electrons. The number of aryl methyl sites for hydroxylation is 1. The molecule has 1 aromatic heterocycles. The Labute approximate surface area is 169 Å². The fraction of sp³-hybridized carbons (Fsp3) is 0.636. The summed E-state index contributed by atoms with van der Waals surface area (Å²) in [4.78, 5) is 7.04. The molecule has 1 aliphatic heterocycles. The van der Waals surface area contributed by atoms with Gasteiger partial charge in [-0.05, 0) is 50.3 Å². The summed E-state index contributed by atoms with van der Waals surface area (Å²) in [5, 5.41) is 14.6. The molecule has 1 aliphatic carbocycles. The number of piperidine rings is 1. The smallest absolute Gasteiger partial charge is 0.152 e. The van der Waals surface area contributed by atoms with E-state index in [1.165, 1.54) is 38.3 Å². The summed E-state index contributed by atoms with van der Waals surface area (Å²) < 4.78 is 5.88. The van der Waals surface area contributed by atoms with E-state index >= 15 is 0 Å². The Morgan fingerprint density at radius 2 is 2.07 bits per heavy atom. The van der Waals surface area contributed by atoms with Gasteiger partial charge in [-0.2, -0.15) is 0 Å². The zero-order valence-electron chi connectivity index (χ0n) is 17.5. The van der Waals surface area contributed by atoms with Gasteiger partial charge in [-0.3, -0.25) is 0 Å². The van der Waals surface area contributed by atoms with Crippen LogP contribution in [0.4, 0.5) is 11.5 Å². The molecule has 3 N–H and O–H groups in total. The summed E-state index contributed by atoms with van der Waals surface area (Å²) in [5.41, 5.74) is 2.97. The van der Waals surface area contributed by atoms with Crippen LogP contribution in [0.25, 0.3) is 0 Å². The van der Waals surface area contributed by atoms with Crippen molar-refractivity contribution in [1.29, 1.82) is 5.41 Å². The molecule has 0 amide bonds. The Balaban J connectivity index is 1.70. The van der Waals surface area contributed by atoms with Crippen LogP contribution < -0.4 is 15.5 Å². The minimum atomic E-state index is 0.158. The third kappa shape index (κ3) is 5.32. The van der Waals surface area contributed by atoms with Crippen molar-refractivity contribution in [2.75, 3.05) is 30.4 Å². The summed E-state index contributed by atoms with van der Waals surface area (Å²) >= 11 is 0. The highest BCUT2D eigenvalue weighted by Crippen LogP contribution is 2.29. The Morgan fingerprint density at radius 1 is 1.29 bits per heavy atom. The molecule has 2 fully saturated rings. The number of anilines is 2. The van der Waals surface area contributed by atoms with Gasteiger partial charge in [0.2, 0.25) is 0 Å². The number of allylic oxidation sites excluding steroid dienone is 1. The van der Waals surface area contributed by atoms with Crippen molar-refractivity contribution in [3.8, 4) is 0 Å². The first-order valence-electron chi connectivity index (χ1n) is 10.5. The lowest BCUT2D eigenvalue weighted by molar-refractivity contribution is 0.0534. The maximum atomic E-state index is 7.36. The van der Waals surface area contributed by atoms with E-state index < -0.39 is 0 Å². The maximum absolute atomic E-state index is 7.36. The molecule has 0 bridgehead atoms. The van der Waals surface area contributed by atoms with Gasteiger partial charge in [0.05, 0.1) is 11.8 Å². The van der Waals surface area contributed by atoms with Crippen LogP contribution in [-0.2, 0) is 4.74 Å². The van der Waals surface area contributed by atoms with E-state index in [1.807, 2.05) is 33.4 Å². The van der Waals surface area contributed by atoms with Crippen LogP contribution in [0.3, 0.4) is 0 Å². The molecule has 0 aromatic carbocycles. The molecule has 6 nitrogen and oxygen atoms in total. The highest BCUT2D eigenvalue weighted by Gasteiger charge is 2.32. The fourth-order valence-corrected chi connectivity index (χ4v) is 4.26. The molecule has 1 saturated carbocycles. The van der Waals surface area contributed by atoms with Crippen molar-refractivity contribution in [2.24, 2.45) is 0 Å². The number of ether oxygens (including phenoxy) is 1. The fourth-order valence-electron chi connectivity index (χ4n) is 4.26. The van der Waals surface area contributed by atoms with E-state index in [2.05, 4.69) is 21.6 Å². The van der Waals surface area contributed by atoms with Crippen molar-refractivity contribution in [3.05, 3.63) is 29.6 Å². The first-order valence-corrected chi connectivity index (χ1v) is 10.5. The summed E-state index contributed by atoms with van der Waals surface area (Å²) in [6, 6.07) is 3.17. The summed E-state index contributed by atoms with van der Waals surface area (Å²) in [7, 11) is 1.82. The number of hydrogen-bond acceptors (Lipinski definition) is 6. The standard InChI is InChI=1S/C22H35N5O/c1-16-11-20(24-14-17(2)12-23)22(25-13-16)27-10-9-19(21(15-27)28-3)26-18-7-5-4-6-8-18/h11-14,18-19,21,23-24,26H,4-10,15H2,1-3H3/b17-14-,23-12?. The number of hydrogen-bond donors (Lipinski definition) is 3. The highest BCUT2D eigenvalue weighted by atomic mass is 16.5. The Kier molecular flexibility index (Phi) is 7.45. The Morgan fingerprint density at radius 3 is 2.79 bits per heavy atom. The second-order valence-corrected chi connectivity index (χ2v) is 8.18. The molecule has 2 heterocycles. The van der Waals surface area contributed by atoms with Gasteiger partial charge in [0.15, 0.2) is 5.82 Å². The second-order valence-electron chi connectivity index (χ2n) is 8.18. The van der Waals surface area contributed by atoms with Crippen LogP contribution in [0.15, 0.2) is 24.0 Å². The van der Waals surface area contributed by atoms with Crippen LogP contribution >= 0.6 is 0 Å². The van der Waals surface area contributed by atoms with Crippen molar-refractivity contribution < 1.29 is 4.74 Å². The molecular formula is C22H35N5O. The molecular weight excluding hydrogens is 350 g/mol. The van der Waals surface area contributed by atoms with Crippen LogP contribution in [0, 0.1) is 12.3 Å². The quantitative estimate of drug-likeness (QED) is 0.622. The minimum Gasteiger partial charge on any atom is -0.378 e. The van der Waals surface area contributed by atoms with E-state index in [0.717, 1.165) is 42.2 Å². The summed E-state index contributed by atoms with van der Waals surface area (Å²) in [6.45, 7) is 5.75. The lowest BCUT2D eigenvalue weighted by Gasteiger charge is -2.41. The Hall–Kier alpha value is -1.92. The van der Waals surface area contributed by atoms with Crippen molar-refractivity contribution in [1.82, 2.24) is 10.3 Å². The average Bonchev–Trinajstić information content (AvgIpc) is 2.73. The number of methoxy groups -OCH3 is 1. The van der Waals surface area contributed by atoms with Gasteiger partial charge < -0.3 is 25.7 Å². The van der Waals surface area contributed by atoms with Crippen LogP contribution in [-0.4, -0.2) is 49.6 Å². The number of rotatable bonds is 7.